The number of nitrogens with one attached hydrogen (secondary N) is 1. The molecule has 8 heteroatoms. The van der Waals surface area contributed by atoms with Crippen LogP contribution in [-0.2, 0) is 6.42 Å². The minimum atomic E-state index is -1.23. The van der Waals surface area contributed by atoms with Crippen LogP contribution in [0.1, 0.15) is 26.4 Å². The van der Waals surface area contributed by atoms with Gasteiger partial charge in [-0.3, -0.25) is 9.59 Å². The minimum Gasteiger partial charge on any atom is -0.322 e. The van der Waals surface area contributed by atoms with Gasteiger partial charge in [-0.2, -0.15) is 0 Å². The molecule has 1 aliphatic heterocycles. The zero-order valence-corrected chi connectivity index (χ0v) is 18.5. The monoisotopic (exact) mass is 477 g/mol. The molecule has 0 radical (unpaired) electrons. The Morgan fingerprint density at radius 1 is 0.882 bits per heavy atom. The van der Waals surface area contributed by atoms with E-state index in [0.29, 0.717) is 13.0 Å². The number of carbonyl (C=O) groups excluding carboxylic acids is 2. The Balaban J connectivity index is 1.42. The predicted molar refractivity (Wildman–Crippen MR) is 127 cm³/mol. The lowest BCUT2D eigenvalue weighted by Crippen LogP contribution is -2.32. The number of amides is 2. The standard InChI is InChI=1S/C26H18ClF2N3O2/c27-20-15-16(30-25(33)19-6-3-7-21(28)24(19)29)10-11-18(20)26(34)32-14-12-17-5-4-13-31(17)22-8-1-2-9-23(22)32/h1-11,13,15H,12,14H2,(H,30,33). The van der Waals surface area contributed by atoms with Crippen molar-refractivity contribution in [1.29, 1.82) is 0 Å². The Morgan fingerprint density at radius 2 is 1.68 bits per heavy atom. The maximum atomic E-state index is 13.9. The van der Waals surface area contributed by atoms with Crippen molar-refractivity contribution in [3.8, 4) is 5.69 Å². The Kier molecular flexibility index (Phi) is 5.63. The van der Waals surface area contributed by atoms with Gasteiger partial charge in [0.05, 0.1) is 27.5 Å². The summed E-state index contributed by atoms with van der Waals surface area (Å²) < 4.78 is 29.4. The summed E-state index contributed by atoms with van der Waals surface area (Å²) in [5, 5.41) is 2.62. The number of rotatable bonds is 3. The van der Waals surface area contributed by atoms with Gasteiger partial charge in [0, 0.05) is 30.5 Å². The molecule has 5 rings (SSSR count). The van der Waals surface area contributed by atoms with Crippen LogP contribution in [0.15, 0.2) is 79.0 Å². The van der Waals surface area contributed by atoms with Crippen LogP contribution in [0.2, 0.25) is 5.02 Å². The summed E-state index contributed by atoms with van der Waals surface area (Å²) in [5.41, 5.74) is 2.83. The van der Waals surface area contributed by atoms with Gasteiger partial charge in [-0.05, 0) is 54.6 Å². The fraction of sp³-hybridized carbons (Fsp3) is 0.0769. The maximum Gasteiger partial charge on any atom is 0.259 e. The number of anilines is 2. The number of aromatic nitrogens is 1. The van der Waals surface area contributed by atoms with Crippen LogP contribution in [0.25, 0.3) is 5.69 Å². The highest BCUT2D eigenvalue weighted by atomic mass is 35.5. The van der Waals surface area contributed by atoms with E-state index in [2.05, 4.69) is 9.88 Å². The Hall–Kier alpha value is -3.97. The van der Waals surface area contributed by atoms with Crippen molar-refractivity contribution in [2.45, 2.75) is 6.42 Å². The van der Waals surface area contributed by atoms with E-state index < -0.39 is 23.1 Å². The topological polar surface area (TPSA) is 54.3 Å². The summed E-state index contributed by atoms with van der Waals surface area (Å²) in [4.78, 5) is 27.6. The Labute approximate surface area is 199 Å². The van der Waals surface area contributed by atoms with Crippen LogP contribution in [0.3, 0.4) is 0 Å². The quantitative estimate of drug-likeness (QED) is 0.401. The zero-order chi connectivity index (χ0) is 23.8. The molecule has 0 aliphatic carbocycles. The molecule has 1 N–H and O–H groups in total. The molecule has 0 bridgehead atoms. The van der Waals surface area contributed by atoms with Gasteiger partial charge < -0.3 is 14.8 Å². The molecule has 5 nitrogen and oxygen atoms in total. The molecule has 1 aliphatic rings. The molecule has 0 atom stereocenters. The second-order valence-electron chi connectivity index (χ2n) is 7.82. The van der Waals surface area contributed by atoms with Gasteiger partial charge in [0.15, 0.2) is 11.6 Å². The van der Waals surface area contributed by atoms with E-state index in [4.69, 9.17) is 11.6 Å². The van der Waals surface area contributed by atoms with Crippen LogP contribution in [0.5, 0.6) is 0 Å². The van der Waals surface area contributed by atoms with Crippen LogP contribution in [0.4, 0.5) is 20.2 Å². The van der Waals surface area contributed by atoms with Crippen molar-refractivity contribution >= 4 is 34.8 Å². The van der Waals surface area contributed by atoms with E-state index in [9.17, 15) is 18.4 Å². The number of hydrogen-bond donors (Lipinski definition) is 1. The smallest absolute Gasteiger partial charge is 0.259 e. The predicted octanol–water partition coefficient (Wildman–Crippen LogP) is 5.86. The summed E-state index contributed by atoms with van der Waals surface area (Å²) in [6.07, 6.45) is 2.63. The summed E-state index contributed by atoms with van der Waals surface area (Å²) >= 11 is 6.43. The first kappa shape index (κ1) is 21.9. The second kappa shape index (κ2) is 8.76. The van der Waals surface area contributed by atoms with Crippen LogP contribution < -0.4 is 10.2 Å². The van der Waals surface area contributed by atoms with E-state index in [1.165, 1.54) is 30.3 Å². The first-order chi connectivity index (χ1) is 16.4. The molecule has 0 spiro atoms. The van der Waals surface area contributed by atoms with E-state index in [0.717, 1.165) is 23.1 Å². The molecule has 0 saturated heterocycles. The van der Waals surface area contributed by atoms with Crippen LogP contribution in [0, 0.1) is 11.6 Å². The normalized spacial score (nSPS) is 12.5. The van der Waals surface area contributed by atoms with E-state index in [-0.39, 0.29) is 22.2 Å². The maximum absolute atomic E-state index is 13.9. The molecule has 4 aromatic rings. The minimum absolute atomic E-state index is 0.129. The fourth-order valence-electron chi connectivity index (χ4n) is 4.10. The molecule has 2 amide bonds. The summed E-state index contributed by atoms with van der Waals surface area (Å²) in [6, 6.07) is 19.4. The number of para-hydroxylation sites is 2. The van der Waals surface area contributed by atoms with Gasteiger partial charge in [-0.15, -0.1) is 0 Å². The van der Waals surface area contributed by atoms with Crippen molar-refractivity contribution < 1.29 is 18.4 Å². The third-order valence-electron chi connectivity index (χ3n) is 5.76. The molecule has 0 fully saturated rings. The molecular weight excluding hydrogens is 460 g/mol. The number of hydrogen-bond acceptors (Lipinski definition) is 2. The third-order valence-corrected chi connectivity index (χ3v) is 6.07. The lowest BCUT2D eigenvalue weighted by molar-refractivity contribution is 0.0986. The van der Waals surface area contributed by atoms with Gasteiger partial charge in [0.1, 0.15) is 0 Å². The van der Waals surface area contributed by atoms with Crippen molar-refractivity contribution in [2.24, 2.45) is 0 Å². The summed E-state index contributed by atoms with van der Waals surface area (Å²) in [5.74, 6) is -3.45. The lowest BCUT2D eigenvalue weighted by Gasteiger charge is -2.23. The van der Waals surface area contributed by atoms with Crippen molar-refractivity contribution in [3.05, 3.63) is 112 Å². The SMILES string of the molecule is O=C(Nc1ccc(C(=O)N2CCc3cccn3-c3ccccc32)c(Cl)c1)c1cccc(F)c1F. The van der Waals surface area contributed by atoms with Crippen molar-refractivity contribution in [2.75, 3.05) is 16.8 Å². The third kappa shape index (κ3) is 3.84. The number of halogens is 3. The van der Waals surface area contributed by atoms with Gasteiger partial charge in [-0.1, -0.05) is 29.8 Å². The summed E-state index contributed by atoms with van der Waals surface area (Å²) in [6.45, 7) is 0.466. The number of carbonyl (C=O) groups is 2. The van der Waals surface area contributed by atoms with Crippen molar-refractivity contribution in [3.63, 3.8) is 0 Å². The zero-order valence-electron chi connectivity index (χ0n) is 17.8. The Bertz CT molecular complexity index is 1430. The van der Waals surface area contributed by atoms with E-state index in [1.807, 2.05) is 42.6 Å². The average Bonchev–Trinajstić information content (AvgIpc) is 3.23. The Morgan fingerprint density at radius 3 is 2.47 bits per heavy atom. The first-order valence-corrected chi connectivity index (χ1v) is 10.9. The highest BCUT2D eigenvalue weighted by Gasteiger charge is 2.26. The lowest BCUT2D eigenvalue weighted by atomic mass is 10.1. The molecule has 170 valence electrons. The molecular formula is C26H18ClF2N3O2. The number of nitrogens with zero attached hydrogens (tertiary/aromatic N) is 2. The number of benzene rings is 3. The fourth-order valence-corrected chi connectivity index (χ4v) is 4.36. The van der Waals surface area contributed by atoms with Crippen LogP contribution >= 0.6 is 11.6 Å². The van der Waals surface area contributed by atoms with E-state index in [1.54, 1.807) is 4.90 Å². The van der Waals surface area contributed by atoms with Gasteiger partial charge >= 0.3 is 0 Å². The molecule has 2 heterocycles. The number of fused-ring (bicyclic) bond motifs is 3. The summed E-state index contributed by atoms with van der Waals surface area (Å²) in [7, 11) is 0. The molecule has 1 aromatic heterocycles. The average molecular weight is 478 g/mol. The van der Waals surface area contributed by atoms with Crippen molar-refractivity contribution in [1.82, 2.24) is 4.57 Å². The van der Waals surface area contributed by atoms with Gasteiger partial charge in [-0.25, -0.2) is 8.78 Å². The highest BCUT2D eigenvalue weighted by molar-refractivity contribution is 6.35. The second-order valence-corrected chi connectivity index (χ2v) is 8.22. The molecule has 0 unspecified atom stereocenters. The molecule has 3 aromatic carbocycles. The first-order valence-electron chi connectivity index (χ1n) is 10.6. The van der Waals surface area contributed by atoms with Gasteiger partial charge in [0.2, 0.25) is 0 Å². The largest absolute Gasteiger partial charge is 0.322 e. The van der Waals surface area contributed by atoms with Crippen LogP contribution in [-0.4, -0.2) is 22.9 Å². The molecule has 34 heavy (non-hydrogen) atoms. The van der Waals surface area contributed by atoms with Gasteiger partial charge in [0.25, 0.3) is 11.8 Å². The molecule has 0 saturated carbocycles. The highest BCUT2D eigenvalue weighted by Crippen LogP contribution is 2.32. The van der Waals surface area contributed by atoms with E-state index >= 15 is 0 Å².